The Labute approximate surface area is 81.4 Å². The molecule has 1 aliphatic carbocycles. The van der Waals surface area contributed by atoms with Gasteiger partial charge >= 0.3 is 0 Å². The Kier molecular flexibility index (Phi) is 2.05. The fourth-order valence-electron chi connectivity index (χ4n) is 1.69. The maximum Gasteiger partial charge on any atom is 0.0289 e. The summed E-state index contributed by atoms with van der Waals surface area (Å²) in [7, 11) is 0. The van der Waals surface area contributed by atoms with Crippen LogP contribution >= 0.6 is 15.9 Å². The van der Waals surface area contributed by atoms with Gasteiger partial charge in [-0.1, -0.05) is 53.2 Å². The molecule has 0 radical (unpaired) electrons. The summed E-state index contributed by atoms with van der Waals surface area (Å²) in [5.41, 5.74) is 4.28. The summed E-state index contributed by atoms with van der Waals surface area (Å²) >= 11 is 3.50. The monoisotopic (exact) mass is 222 g/mol. The van der Waals surface area contributed by atoms with Gasteiger partial charge in [-0.05, 0) is 22.6 Å². The first-order valence-corrected chi connectivity index (χ1v) is 5.31. The van der Waals surface area contributed by atoms with Gasteiger partial charge < -0.3 is 0 Å². The van der Waals surface area contributed by atoms with Crippen molar-refractivity contribution in [2.24, 2.45) is 0 Å². The minimum atomic E-state index is 0.596. The van der Waals surface area contributed by atoms with Crippen LogP contribution in [-0.4, -0.2) is 0 Å². The number of halogens is 1. The van der Waals surface area contributed by atoms with Gasteiger partial charge in [0.25, 0.3) is 0 Å². The smallest absolute Gasteiger partial charge is 0.0289 e. The van der Waals surface area contributed by atoms with Crippen molar-refractivity contribution >= 4 is 22.0 Å². The summed E-state index contributed by atoms with van der Waals surface area (Å²) < 4.78 is 0. The average molecular weight is 223 g/mol. The zero-order valence-corrected chi connectivity index (χ0v) is 8.64. The Morgan fingerprint density at radius 1 is 1.42 bits per heavy atom. The van der Waals surface area contributed by atoms with Crippen molar-refractivity contribution in [3.05, 3.63) is 41.0 Å². The second-order valence-electron chi connectivity index (χ2n) is 3.20. The van der Waals surface area contributed by atoms with E-state index < -0.39 is 0 Å². The van der Waals surface area contributed by atoms with Crippen LogP contribution in [0.2, 0.25) is 0 Å². The molecule has 0 spiro atoms. The lowest BCUT2D eigenvalue weighted by atomic mass is 10.00. The molecular formula is C11H11Br. The molecule has 0 fully saturated rings. The van der Waals surface area contributed by atoms with Crippen molar-refractivity contribution in [2.45, 2.75) is 18.2 Å². The molecule has 0 nitrogen and oxygen atoms in total. The van der Waals surface area contributed by atoms with Gasteiger partial charge in [0.1, 0.15) is 0 Å². The van der Waals surface area contributed by atoms with E-state index in [2.05, 4.69) is 53.2 Å². The fourth-order valence-corrected chi connectivity index (χ4v) is 2.18. The van der Waals surface area contributed by atoms with Gasteiger partial charge in [0.2, 0.25) is 0 Å². The summed E-state index contributed by atoms with van der Waals surface area (Å²) in [6.07, 6.45) is 4.49. The molecule has 1 aromatic rings. The van der Waals surface area contributed by atoms with Crippen LogP contribution in [0, 0.1) is 0 Å². The minimum absolute atomic E-state index is 0.596. The number of hydrogen-bond acceptors (Lipinski definition) is 0. The van der Waals surface area contributed by atoms with E-state index in [4.69, 9.17) is 0 Å². The molecule has 12 heavy (non-hydrogen) atoms. The Balaban J connectivity index is 2.57. The molecule has 0 aromatic heterocycles. The highest BCUT2D eigenvalue weighted by molar-refractivity contribution is 9.08. The van der Waals surface area contributed by atoms with Crippen LogP contribution in [0.1, 0.15) is 29.5 Å². The molecule has 0 saturated carbocycles. The molecule has 0 aliphatic heterocycles. The summed E-state index contributed by atoms with van der Waals surface area (Å²) in [6, 6.07) is 6.53. The van der Waals surface area contributed by atoms with Gasteiger partial charge in [0.05, 0.1) is 0 Å². The van der Waals surface area contributed by atoms with Crippen LogP contribution in [0.25, 0.3) is 6.08 Å². The molecule has 1 aliphatic rings. The Morgan fingerprint density at radius 2 is 2.25 bits per heavy atom. The van der Waals surface area contributed by atoms with Crippen LogP contribution in [0.15, 0.2) is 24.3 Å². The van der Waals surface area contributed by atoms with Crippen LogP contribution in [0.3, 0.4) is 0 Å². The largest absolute Gasteiger partial charge is 0.0876 e. The predicted octanol–water partition coefficient (Wildman–Crippen LogP) is 3.71. The van der Waals surface area contributed by atoms with Crippen LogP contribution < -0.4 is 0 Å². The number of allylic oxidation sites excluding steroid dienone is 1. The lowest BCUT2D eigenvalue weighted by molar-refractivity contribution is 0.987. The third kappa shape index (κ3) is 1.13. The average Bonchev–Trinajstić information content (AvgIpc) is 2.48. The molecule has 1 atom stereocenters. The van der Waals surface area contributed by atoms with Crippen molar-refractivity contribution in [1.82, 2.24) is 0 Å². The topological polar surface area (TPSA) is 0 Å². The molecule has 0 N–H and O–H groups in total. The molecule has 0 saturated heterocycles. The van der Waals surface area contributed by atoms with Gasteiger partial charge in [0, 0.05) is 5.33 Å². The van der Waals surface area contributed by atoms with E-state index in [-0.39, 0.29) is 0 Å². The molecule has 0 amide bonds. The molecule has 1 aromatic carbocycles. The lowest BCUT2D eigenvalue weighted by Crippen LogP contribution is -1.90. The number of benzene rings is 1. The highest BCUT2D eigenvalue weighted by Crippen LogP contribution is 2.32. The van der Waals surface area contributed by atoms with Crippen molar-refractivity contribution in [3.63, 3.8) is 0 Å². The van der Waals surface area contributed by atoms with E-state index in [0.717, 1.165) is 5.33 Å². The van der Waals surface area contributed by atoms with Crippen LogP contribution in [-0.2, 0) is 5.33 Å². The lowest BCUT2D eigenvalue weighted by Gasteiger charge is -2.06. The minimum Gasteiger partial charge on any atom is -0.0876 e. The van der Waals surface area contributed by atoms with Gasteiger partial charge in [-0.2, -0.15) is 0 Å². The van der Waals surface area contributed by atoms with Crippen molar-refractivity contribution in [2.75, 3.05) is 0 Å². The normalized spacial score (nSPS) is 19.7. The quantitative estimate of drug-likeness (QED) is 0.636. The molecule has 1 unspecified atom stereocenters. The van der Waals surface area contributed by atoms with E-state index in [9.17, 15) is 0 Å². The highest BCUT2D eigenvalue weighted by atomic mass is 79.9. The SMILES string of the molecule is CC1C=Cc2c(CBr)cccc21. The first kappa shape index (κ1) is 8.06. The maximum atomic E-state index is 3.50. The molecule has 62 valence electrons. The third-order valence-electron chi connectivity index (χ3n) is 2.42. The molecule has 2 rings (SSSR count). The van der Waals surface area contributed by atoms with E-state index in [1.54, 1.807) is 0 Å². The second kappa shape index (κ2) is 3.06. The first-order chi connectivity index (χ1) is 5.83. The van der Waals surface area contributed by atoms with Crippen LogP contribution in [0.5, 0.6) is 0 Å². The number of fused-ring (bicyclic) bond motifs is 1. The Morgan fingerprint density at radius 3 is 3.00 bits per heavy atom. The summed E-state index contributed by atoms with van der Waals surface area (Å²) in [4.78, 5) is 0. The number of rotatable bonds is 1. The van der Waals surface area contributed by atoms with Gasteiger partial charge in [-0.3, -0.25) is 0 Å². The van der Waals surface area contributed by atoms with Gasteiger partial charge in [-0.15, -0.1) is 0 Å². The fraction of sp³-hybridized carbons (Fsp3) is 0.273. The van der Waals surface area contributed by atoms with E-state index >= 15 is 0 Å². The zero-order chi connectivity index (χ0) is 8.55. The summed E-state index contributed by atoms with van der Waals surface area (Å²) in [5, 5.41) is 0.952. The second-order valence-corrected chi connectivity index (χ2v) is 3.76. The summed E-state index contributed by atoms with van der Waals surface area (Å²) in [6.45, 7) is 2.24. The zero-order valence-electron chi connectivity index (χ0n) is 7.05. The van der Waals surface area contributed by atoms with Crippen molar-refractivity contribution in [1.29, 1.82) is 0 Å². The summed E-state index contributed by atoms with van der Waals surface area (Å²) in [5.74, 6) is 0.596. The maximum absolute atomic E-state index is 3.50. The number of alkyl halides is 1. The first-order valence-electron chi connectivity index (χ1n) is 4.19. The third-order valence-corrected chi connectivity index (χ3v) is 3.02. The Hall–Kier alpha value is -0.560. The van der Waals surface area contributed by atoms with Crippen molar-refractivity contribution in [3.8, 4) is 0 Å². The van der Waals surface area contributed by atoms with Gasteiger partial charge in [-0.25, -0.2) is 0 Å². The van der Waals surface area contributed by atoms with E-state index in [1.165, 1.54) is 16.7 Å². The van der Waals surface area contributed by atoms with E-state index in [0.29, 0.717) is 5.92 Å². The Bertz CT molecular complexity index is 326. The van der Waals surface area contributed by atoms with Crippen molar-refractivity contribution < 1.29 is 0 Å². The number of hydrogen-bond donors (Lipinski definition) is 0. The van der Waals surface area contributed by atoms with Crippen LogP contribution in [0.4, 0.5) is 0 Å². The molecule has 0 bridgehead atoms. The standard InChI is InChI=1S/C11H11Br/c1-8-5-6-11-9(7-12)3-2-4-10(8)11/h2-6,8H,7H2,1H3. The molecule has 1 heteroatoms. The highest BCUT2D eigenvalue weighted by Gasteiger charge is 2.14. The predicted molar refractivity (Wildman–Crippen MR) is 56.5 cm³/mol. The van der Waals surface area contributed by atoms with Gasteiger partial charge in [0.15, 0.2) is 0 Å². The van der Waals surface area contributed by atoms with E-state index in [1.807, 2.05) is 0 Å². The molecule has 0 heterocycles. The molecular weight excluding hydrogens is 212 g/mol.